The summed E-state index contributed by atoms with van der Waals surface area (Å²) in [4.78, 5) is 3.22. The Kier molecular flexibility index (Phi) is 4.84. The van der Waals surface area contributed by atoms with Crippen molar-refractivity contribution >= 4 is 57.8 Å². The Balaban J connectivity index is 2.58. The van der Waals surface area contributed by atoms with Gasteiger partial charge in [-0.1, -0.05) is 23.2 Å². The van der Waals surface area contributed by atoms with E-state index in [-0.39, 0.29) is 17.5 Å². The minimum absolute atomic E-state index is 0.207. The zero-order valence-electron chi connectivity index (χ0n) is 10.3. The van der Waals surface area contributed by atoms with Gasteiger partial charge in [-0.05, 0) is 12.1 Å². The fourth-order valence-corrected chi connectivity index (χ4v) is 2.80. The third-order valence-electron chi connectivity index (χ3n) is 2.27. The second-order valence-corrected chi connectivity index (χ2v) is 7.20. The van der Waals surface area contributed by atoms with E-state index in [1.807, 2.05) is 0 Å². The number of halogens is 9. The molecular formula is C10H3Cl3F6N2OS. The van der Waals surface area contributed by atoms with E-state index in [1.54, 1.807) is 0 Å². The number of imidazole rings is 1. The fourth-order valence-electron chi connectivity index (χ4n) is 1.61. The van der Waals surface area contributed by atoms with E-state index in [0.717, 1.165) is 18.2 Å². The van der Waals surface area contributed by atoms with Gasteiger partial charge in [0.15, 0.2) is 0 Å². The number of hydrogen-bond acceptors (Lipinski definition) is 3. The summed E-state index contributed by atoms with van der Waals surface area (Å²) in [6.45, 7) is 0. The van der Waals surface area contributed by atoms with Crippen LogP contribution in [0.25, 0.3) is 11.0 Å². The maximum absolute atomic E-state index is 13.3. The molecule has 0 radical (unpaired) electrons. The molecule has 0 aliphatic heterocycles. The molecule has 0 aliphatic carbocycles. The van der Waals surface area contributed by atoms with E-state index in [1.165, 1.54) is 0 Å². The number of alkyl halides is 9. The maximum Gasteiger partial charge on any atom is 0.487 e. The van der Waals surface area contributed by atoms with E-state index in [2.05, 4.69) is 21.3 Å². The quantitative estimate of drug-likeness (QED) is 0.464. The van der Waals surface area contributed by atoms with Crippen molar-refractivity contribution in [1.29, 1.82) is 0 Å². The molecule has 128 valence electrons. The highest BCUT2D eigenvalue weighted by Gasteiger charge is 2.40. The first kappa shape index (κ1) is 18.6. The van der Waals surface area contributed by atoms with Crippen LogP contribution in [-0.2, 0) is 6.18 Å². The first-order valence-electron chi connectivity index (χ1n) is 5.38. The lowest BCUT2D eigenvalue weighted by atomic mass is 10.3. The summed E-state index contributed by atoms with van der Waals surface area (Å²) in [6.07, 6.45) is -4.97. The average molecular weight is 420 g/mol. The third-order valence-corrected chi connectivity index (χ3v) is 3.52. The minimum atomic E-state index is -4.97. The normalized spacial score (nSPS) is 13.6. The zero-order valence-corrected chi connectivity index (χ0v) is 13.4. The number of aromatic nitrogens is 2. The van der Waals surface area contributed by atoms with Crippen molar-refractivity contribution in [3.05, 3.63) is 24.0 Å². The highest BCUT2D eigenvalue weighted by Crippen LogP contribution is 2.43. The van der Waals surface area contributed by atoms with Gasteiger partial charge in [-0.25, -0.2) is 4.98 Å². The van der Waals surface area contributed by atoms with Crippen LogP contribution in [0.4, 0.5) is 26.3 Å². The van der Waals surface area contributed by atoms with E-state index in [4.69, 9.17) is 23.2 Å². The Morgan fingerprint density at radius 2 is 1.65 bits per heavy atom. The molecule has 0 saturated heterocycles. The summed E-state index contributed by atoms with van der Waals surface area (Å²) in [5.41, 5.74) is -4.73. The molecule has 1 aromatic carbocycles. The highest BCUT2D eigenvalue weighted by atomic mass is 35.5. The Morgan fingerprint density at radius 3 is 2.13 bits per heavy atom. The van der Waals surface area contributed by atoms with Crippen molar-refractivity contribution < 1.29 is 31.1 Å². The number of nitrogens with zero attached hydrogens (tertiary/aromatic N) is 2. The number of benzene rings is 1. The van der Waals surface area contributed by atoms with E-state index >= 15 is 0 Å². The molecule has 0 atom stereocenters. The van der Waals surface area contributed by atoms with Gasteiger partial charge < -0.3 is 4.74 Å². The van der Waals surface area contributed by atoms with Gasteiger partial charge in [-0.3, -0.25) is 3.97 Å². The van der Waals surface area contributed by atoms with Gasteiger partial charge in [-0.15, -0.1) is 8.78 Å². The summed E-state index contributed by atoms with van der Waals surface area (Å²) in [7, 11) is 0. The molecule has 3 nitrogen and oxygen atoms in total. The molecule has 0 unspecified atom stereocenters. The summed E-state index contributed by atoms with van der Waals surface area (Å²) < 4.78 is 78.5. The van der Waals surface area contributed by atoms with Crippen molar-refractivity contribution in [1.82, 2.24) is 8.96 Å². The summed E-state index contributed by atoms with van der Waals surface area (Å²) in [6, 6.07) is 2.63. The Morgan fingerprint density at radius 1 is 1.04 bits per heavy atom. The maximum atomic E-state index is 13.3. The topological polar surface area (TPSA) is 27.1 Å². The lowest BCUT2D eigenvalue weighted by Crippen LogP contribution is -2.15. The number of fused-ring (bicyclic) bond motifs is 1. The first-order chi connectivity index (χ1) is 10.3. The van der Waals surface area contributed by atoms with Gasteiger partial charge in [0.1, 0.15) is 5.75 Å². The van der Waals surface area contributed by atoms with Crippen molar-refractivity contribution in [3.8, 4) is 5.75 Å². The summed E-state index contributed by atoms with van der Waals surface area (Å²) in [5, 5.41) is 0. The van der Waals surface area contributed by atoms with Crippen LogP contribution in [0.2, 0.25) is 0 Å². The van der Waals surface area contributed by atoms with Crippen LogP contribution < -0.4 is 4.74 Å². The Labute approximate surface area is 143 Å². The van der Waals surface area contributed by atoms with Crippen molar-refractivity contribution in [2.75, 3.05) is 0 Å². The van der Waals surface area contributed by atoms with E-state index < -0.39 is 32.8 Å². The zero-order chi connectivity index (χ0) is 17.6. The van der Waals surface area contributed by atoms with E-state index in [9.17, 15) is 26.3 Å². The molecule has 2 rings (SSSR count). The number of hydrogen-bond donors (Lipinski definition) is 0. The molecule has 13 heteroatoms. The van der Waals surface area contributed by atoms with Crippen LogP contribution in [0.5, 0.6) is 5.75 Å². The molecule has 0 fully saturated rings. The molecule has 0 bridgehead atoms. The van der Waals surface area contributed by atoms with Gasteiger partial charge in [0.05, 0.1) is 11.0 Å². The minimum Gasteiger partial charge on any atom is -0.420 e. The standard InChI is InChI=1S/C10H3Cl3F6N2OS/c11-9(12,17)23-21-6-2-1-4(22-10(13,18)19)3-5(6)20-7(21)8(14,15)16/h1-3H. The predicted molar refractivity (Wildman–Crippen MR) is 74.7 cm³/mol. The van der Waals surface area contributed by atoms with Crippen molar-refractivity contribution in [3.63, 3.8) is 0 Å². The SMILES string of the molecule is FC(F)(Cl)Oc1ccc2c(c1)nc(C(F)(F)F)n2SC(F)(Cl)Cl. The monoisotopic (exact) mass is 418 g/mol. The molecular weight excluding hydrogens is 417 g/mol. The second kappa shape index (κ2) is 5.98. The number of rotatable bonds is 4. The van der Waals surface area contributed by atoms with Gasteiger partial charge in [0, 0.05) is 29.6 Å². The Hall–Kier alpha value is -0.710. The molecule has 1 heterocycles. The lowest BCUT2D eigenvalue weighted by Gasteiger charge is -2.14. The van der Waals surface area contributed by atoms with Gasteiger partial charge in [-0.2, -0.15) is 17.6 Å². The smallest absolute Gasteiger partial charge is 0.420 e. The van der Waals surface area contributed by atoms with Crippen LogP contribution >= 0.6 is 46.8 Å². The Bertz CT molecular complexity index is 724. The largest absolute Gasteiger partial charge is 0.487 e. The summed E-state index contributed by atoms with van der Waals surface area (Å²) in [5.74, 6) is -2.07. The van der Waals surface area contributed by atoms with Gasteiger partial charge in [0.25, 0.3) is 0 Å². The lowest BCUT2D eigenvalue weighted by molar-refractivity contribution is -0.144. The molecule has 0 saturated carbocycles. The molecule has 1 aromatic heterocycles. The van der Waals surface area contributed by atoms with E-state index in [0.29, 0.717) is 3.97 Å². The molecule has 0 aliphatic rings. The highest BCUT2D eigenvalue weighted by molar-refractivity contribution is 8.01. The van der Waals surface area contributed by atoms with Crippen LogP contribution in [0.1, 0.15) is 5.82 Å². The molecule has 0 spiro atoms. The molecule has 0 N–H and O–H groups in total. The van der Waals surface area contributed by atoms with Crippen LogP contribution in [0.3, 0.4) is 0 Å². The van der Waals surface area contributed by atoms with Crippen LogP contribution in [0, 0.1) is 0 Å². The number of ether oxygens (including phenoxy) is 1. The first-order valence-corrected chi connectivity index (χ1v) is 7.29. The second-order valence-electron chi connectivity index (χ2n) is 3.96. The van der Waals surface area contributed by atoms with Gasteiger partial charge >= 0.3 is 15.7 Å². The van der Waals surface area contributed by atoms with Crippen LogP contribution in [0.15, 0.2) is 18.2 Å². The predicted octanol–water partition coefficient (Wildman–Crippen LogP) is 5.78. The third kappa shape index (κ3) is 4.88. The molecule has 23 heavy (non-hydrogen) atoms. The fraction of sp³-hybridized carbons (Fsp3) is 0.300. The summed E-state index contributed by atoms with van der Waals surface area (Å²) >= 11 is 14.5. The van der Waals surface area contributed by atoms with Crippen molar-refractivity contribution in [2.45, 2.75) is 15.7 Å². The van der Waals surface area contributed by atoms with Gasteiger partial charge in [0.2, 0.25) is 5.82 Å². The molecule has 0 amide bonds. The molecule has 2 aromatic rings. The van der Waals surface area contributed by atoms with Crippen molar-refractivity contribution in [2.24, 2.45) is 0 Å². The average Bonchev–Trinajstić information content (AvgIpc) is 2.62. The van der Waals surface area contributed by atoms with Crippen LogP contribution in [-0.4, -0.2) is 18.4 Å².